The highest BCUT2D eigenvalue weighted by atomic mass is 16.5. The summed E-state index contributed by atoms with van der Waals surface area (Å²) in [5.74, 6) is -0.288. The topological polar surface area (TPSA) is 42.0 Å². The molecule has 1 saturated heterocycles. The monoisotopic (exact) mass is 434 g/mol. The van der Waals surface area contributed by atoms with E-state index in [1.54, 1.807) is 0 Å². The Hall–Kier alpha value is -2.47. The van der Waals surface area contributed by atoms with Crippen molar-refractivity contribution in [1.82, 2.24) is 9.80 Å². The molecule has 2 heterocycles. The van der Waals surface area contributed by atoms with Gasteiger partial charge in [-0.25, -0.2) is 4.79 Å². The second-order valence-corrected chi connectivity index (χ2v) is 8.96. The molecule has 0 radical (unpaired) electrons. The van der Waals surface area contributed by atoms with Gasteiger partial charge in [0.15, 0.2) is 0 Å². The van der Waals surface area contributed by atoms with Crippen LogP contribution in [0.5, 0.6) is 0 Å². The Kier molecular flexibility index (Phi) is 7.40. The third kappa shape index (κ3) is 5.29. The lowest BCUT2D eigenvalue weighted by Crippen LogP contribution is -2.55. The molecule has 1 fully saturated rings. The normalized spacial score (nSPS) is 22.4. The molecule has 0 amide bonds. The van der Waals surface area contributed by atoms with Crippen LogP contribution in [0.25, 0.3) is 5.57 Å². The van der Waals surface area contributed by atoms with Crippen molar-refractivity contribution in [2.45, 2.75) is 45.4 Å². The Bertz CT molecular complexity index is 942. The van der Waals surface area contributed by atoms with E-state index >= 15 is 0 Å². The van der Waals surface area contributed by atoms with Crippen LogP contribution in [-0.4, -0.2) is 61.3 Å². The largest absolute Gasteiger partial charge is 0.465 e. The maximum atomic E-state index is 11.7. The molecule has 2 aromatic rings. The first-order valence-electron chi connectivity index (χ1n) is 11.6. The first kappa shape index (κ1) is 22.7. The molecule has 0 saturated carbocycles. The Morgan fingerprint density at radius 3 is 2.41 bits per heavy atom. The molecule has 2 aliphatic heterocycles. The predicted octanol–water partition coefficient (Wildman–Crippen LogP) is 4.37. The van der Waals surface area contributed by atoms with Crippen LogP contribution in [0.2, 0.25) is 0 Å². The highest BCUT2D eigenvalue weighted by Gasteiger charge is 2.29. The van der Waals surface area contributed by atoms with Crippen molar-refractivity contribution in [3.8, 4) is 0 Å². The second kappa shape index (κ2) is 10.4. The Labute approximate surface area is 191 Å². The summed E-state index contributed by atoms with van der Waals surface area (Å²) < 4.78 is 10.3. The molecule has 2 aliphatic rings. The molecule has 0 spiro atoms. The summed E-state index contributed by atoms with van der Waals surface area (Å²) in [5.41, 5.74) is 6.03. The summed E-state index contributed by atoms with van der Waals surface area (Å²) in [5, 5.41) is 0. The van der Waals surface area contributed by atoms with Crippen molar-refractivity contribution in [2.75, 3.05) is 33.4 Å². The lowest BCUT2D eigenvalue weighted by Gasteiger charge is -2.44. The van der Waals surface area contributed by atoms with Gasteiger partial charge in [-0.3, -0.25) is 9.80 Å². The molecule has 32 heavy (non-hydrogen) atoms. The molecular weight excluding hydrogens is 400 g/mol. The van der Waals surface area contributed by atoms with Crippen molar-refractivity contribution in [2.24, 2.45) is 0 Å². The van der Waals surface area contributed by atoms with E-state index in [0.29, 0.717) is 17.6 Å². The summed E-state index contributed by atoms with van der Waals surface area (Å²) >= 11 is 0. The number of methoxy groups -OCH3 is 1. The number of benzene rings is 2. The van der Waals surface area contributed by atoms with Gasteiger partial charge in [0.1, 0.15) is 0 Å². The van der Waals surface area contributed by atoms with Crippen molar-refractivity contribution < 1.29 is 14.3 Å². The van der Waals surface area contributed by atoms with E-state index in [1.807, 2.05) is 24.3 Å². The number of hydrogen-bond acceptors (Lipinski definition) is 5. The number of hydrogen-bond donors (Lipinski definition) is 0. The van der Waals surface area contributed by atoms with Crippen LogP contribution >= 0.6 is 0 Å². The zero-order chi connectivity index (χ0) is 22.5. The lowest BCUT2D eigenvalue weighted by atomic mass is 9.95. The van der Waals surface area contributed by atoms with Gasteiger partial charge in [-0.15, -0.1) is 0 Å². The molecule has 4 rings (SSSR count). The fourth-order valence-electron chi connectivity index (χ4n) is 4.97. The van der Waals surface area contributed by atoms with Gasteiger partial charge < -0.3 is 9.47 Å². The average Bonchev–Trinajstić information content (AvgIpc) is 2.82. The van der Waals surface area contributed by atoms with E-state index < -0.39 is 0 Å². The fraction of sp³-hybridized carbons (Fsp3) is 0.444. The van der Waals surface area contributed by atoms with Gasteiger partial charge in [0, 0.05) is 38.3 Å². The van der Waals surface area contributed by atoms with Crippen molar-refractivity contribution >= 4 is 11.5 Å². The van der Waals surface area contributed by atoms with Gasteiger partial charge >= 0.3 is 5.97 Å². The molecule has 2 aromatic carbocycles. The zero-order valence-corrected chi connectivity index (χ0v) is 19.4. The minimum atomic E-state index is -0.288. The summed E-state index contributed by atoms with van der Waals surface area (Å²) in [6.45, 7) is 10.1. The minimum Gasteiger partial charge on any atom is -0.465 e. The lowest BCUT2D eigenvalue weighted by molar-refractivity contribution is 0.0290. The van der Waals surface area contributed by atoms with E-state index in [9.17, 15) is 4.79 Å². The van der Waals surface area contributed by atoms with E-state index in [1.165, 1.54) is 29.4 Å². The Balaban J connectivity index is 1.40. The van der Waals surface area contributed by atoms with Crippen LogP contribution in [-0.2, 0) is 22.6 Å². The van der Waals surface area contributed by atoms with Crippen molar-refractivity contribution in [1.29, 1.82) is 0 Å². The van der Waals surface area contributed by atoms with Crippen molar-refractivity contribution in [3.05, 3.63) is 76.9 Å². The maximum Gasteiger partial charge on any atom is 0.337 e. The van der Waals surface area contributed by atoms with Gasteiger partial charge in [0.05, 0.1) is 25.9 Å². The highest BCUT2D eigenvalue weighted by Crippen LogP contribution is 2.27. The first-order chi connectivity index (χ1) is 15.5. The zero-order valence-electron chi connectivity index (χ0n) is 19.4. The van der Waals surface area contributed by atoms with Crippen LogP contribution in [0, 0.1) is 0 Å². The molecule has 0 aromatic heterocycles. The number of rotatable bonds is 6. The van der Waals surface area contributed by atoms with E-state index in [0.717, 1.165) is 45.8 Å². The van der Waals surface area contributed by atoms with Gasteiger partial charge in [-0.05, 0) is 54.7 Å². The summed E-state index contributed by atoms with van der Waals surface area (Å²) in [4.78, 5) is 16.8. The summed E-state index contributed by atoms with van der Waals surface area (Å²) in [6, 6.07) is 17.5. The molecule has 0 N–H and O–H groups in total. The molecule has 0 bridgehead atoms. The molecule has 0 unspecified atom stereocenters. The quantitative estimate of drug-likeness (QED) is 0.632. The Morgan fingerprint density at radius 2 is 1.75 bits per heavy atom. The maximum absolute atomic E-state index is 11.7. The Morgan fingerprint density at radius 1 is 1.03 bits per heavy atom. The number of ether oxygens (including phenoxy) is 2. The van der Waals surface area contributed by atoms with Crippen LogP contribution < -0.4 is 0 Å². The SMILES string of the molecule is COC(=O)c1ccc(CN2[C@H](C)CN(Cc3ccccc3C3=CCOCC3)C[C@@H]2C)cc1. The predicted molar refractivity (Wildman–Crippen MR) is 127 cm³/mol. The van der Waals surface area contributed by atoms with Gasteiger partial charge in [-0.1, -0.05) is 42.5 Å². The molecular formula is C27H34N2O3. The van der Waals surface area contributed by atoms with Crippen molar-refractivity contribution in [3.63, 3.8) is 0 Å². The van der Waals surface area contributed by atoms with Crippen LogP contribution in [0.15, 0.2) is 54.6 Å². The number of esters is 1. The third-order valence-electron chi connectivity index (χ3n) is 6.64. The van der Waals surface area contributed by atoms with Crippen LogP contribution in [0.3, 0.4) is 0 Å². The number of piperazine rings is 1. The van der Waals surface area contributed by atoms with Gasteiger partial charge in [0.25, 0.3) is 0 Å². The number of carbonyl (C=O) groups is 1. The second-order valence-electron chi connectivity index (χ2n) is 8.96. The van der Waals surface area contributed by atoms with E-state index in [2.05, 4.69) is 54.0 Å². The first-order valence-corrected chi connectivity index (χ1v) is 11.6. The average molecular weight is 435 g/mol. The fourth-order valence-corrected chi connectivity index (χ4v) is 4.97. The molecule has 170 valence electrons. The standard InChI is InChI=1S/C27H34N2O3/c1-20-16-28(19-25-6-4-5-7-26(25)23-12-14-32-15-13-23)17-21(2)29(20)18-22-8-10-24(11-9-22)27(30)31-3/h4-12,20-21H,13-19H2,1-3H3/t20-,21+. The van der Waals surface area contributed by atoms with Crippen LogP contribution in [0.1, 0.15) is 47.3 Å². The van der Waals surface area contributed by atoms with E-state index in [4.69, 9.17) is 9.47 Å². The molecule has 2 atom stereocenters. The number of nitrogens with zero attached hydrogens (tertiary/aromatic N) is 2. The summed E-state index contributed by atoms with van der Waals surface area (Å²) in [7, 11) is 1.41. The number of carbonyl (C=O) groups excluding carboxylic acids is 1. The third-order valence-corrected chi connectivity index (χ3v) is 6.64. The smallest absolute Gasteiger partial charge is 0.337 e. The molecule has 5 nitrogen and oxygen atoms in total. The molecule has 5 heteroatoms. The minimum absolute atomic E-state index is 0.288. The van der Waals surface area contributed by atoms with Crippen LogP contribution in [0.4, 0.5) is 0 Å². The van der Waals surface area contributed by atoms with Gasteiger partial charge in [-0.2, -0.15) is 0 Å². The molecule has 0 aliphatic carbocycles. The highest BCUT2D eigenvalue weighted by molar-refractivity contribution is 5.89. The summed E-state index contributed by atoms with van der Waals surface area (Å²) in [6.07, 6.45) is 3.23. The van der Waals surface area contributed by atoms with Gasteiger partial charge in [0.2, 0.25) is 0 Å². The van der Waals surface area contributed by atoms with E-state index in [-0.39, 0.29) is 5.97 Å².